The number of rotatable bonds is 7. The van der Waals surface area contributed by atoms with Crippen LogP contribution < -0.4 is 5.32 Å². The maximum absolute atomic E-state index is 9.71. The van der Waals surface area contributed by atoms with Gasteiger partial charge in [0.1, 0.15) is 5.75 Å². The van der Waals surface area contributed by atoms with Crippen LogP contribution in [0.4, 0.5) is 0 Å². The molecule has 0 bridgehead atoms. The predicted octanol–water partition coefficient (Wildman–Crippen LogP) is 3.18. The molecule has 0 saturated heterocycles. The highest BCUT2D eigenvalue weighted by Gasteiger charge is 2.42. The molecule has 1 aromatic rings. The number of benzene rings is 1. The molecule has 3 heteroatoms. The number of hydrogen-bond acceptors (Lipinski definition) is 3. The van der Waals surface area contributed by atoms with Crippen molar-refractivity contribution in [1.29, 1.82) is 0 Å². The van der Waals surface area contributed by atoms with E-state index in [1.54, 1.807) is 6.07 Å². The van der Waals surface area contributed by atoms with Crippen molar-refractivity contribution in [2.75, 3.05) is 20.6 Å². The lowest BCUT2D eigenvalue weighted by Gasteiger charge is -2.44. The number of nitrogens with one attached hydrogen (secondary N) is 1. The third-order valence-corrected chi connectivity index (χ3v) is 5.00. The highest BCUT2D eigenvalue weighted by molar-refractivity contribution is 5.28. The van der Waals surface area contributed by atoms with E-state index in [0.29, 0.717) is 11.8 Å². The van der Waals surface area contributed by atoms with E-state index in [-0.39, 0.29) is 5.54 Å². The Morgan fingerprint density at radius 2 is 2.00 bits per heavy atom. The zero-order valence-electron chi connectivity index (χ0n) is 13.7. The molecule has 2 N–H and O–H groups in total. The number of phenolic OH excluding ortho intramolecular Hbond substituents is 1. The SMILES string of the molecule is CCCNC(Cc1cccc(O)c1)C1(N(C)C)CCCC1. The summed E-state index contributed by atoms with van der Waals surface area (Å²) in [5, 5.41) is 13.5. The Kier molecular flexibility index (Phi) is 5.65. The van der Waals surface area contributed by atoms with Crippen LogP contribution >= 0.6 is 0 Å². The van der Waals surface area contributed by atoms with Crippen molar-refractivity contribution in [2.24, 2.45) is 0 Å². The summed E-state index contributed by atoms with van der Waals surface area (Å²) in [6.07, 6.45) is 7.30. The van der Waals surface area contributed by atoms with Gasteiger partial charge >= 0.3 is 0 Å². The summed E-state index contributed by atoms with van der Waals surface area (Å²) in [4.78, 5) is 2.43. The van der Waals surface area contributed by atoms with E-state index in [1.165, 1.54) is 31.2 Å². The van der Waals surface area contributed by atoms with Gasteiger partial charge in [0, 0.05) is 11.6 Å². The largest absolute Gasteiger partial charge is 0.508 e. The fraction of sp³-hybridized carbons (Fsp3) is 0.667. The molecule has 1 fully saturated rings. The van der Waals surface area contributed by atoms with E-state index >= 15 is 0 Å². The molecule has 0 radical (unpaired) electrons. The van der Waals surface area contributed by atoms with E-state index in [2.05, 4.69) is 37.3 Å². The Balaban J connectivity index is 2.20. The number of aromatic hydroxyl groups is 1. The molecule has 0 heterocycles. The third kappa shape index (κ3) is 3.78. The molecule has 118 valence electrons. The fourth-order valence-corrected chi connectivity index (χ4v) is 3.78. The summed E-state index contributed by atoms with van der Waals surface area (Å²) in [5.41, 5.74) is 1.47. The first-order chi connectivity index (χ1) is 10.1. The van der Waals surface area contributed by atoms with Crippen LogP contribution in [-0.4, -0.2) is 42.2 Å². The van der Waals surface area contributed by atoms with Crippen LogP contribution in [0.1, 0.15) is 44.6 Å². The second-order valence-corrected chi connectivity index (χ2v) is 6.59. The molecule has 1 aromatic carbocycles. The number of hydrogen-bond donors (Lipinski definition) is 2. The van der Waals surface area contributed by atoms with Crippen molar-refractivity contribution in [1.82, 2.24) is 10.2 Å². The Bertz CT molecular complexity index is 439. The van der Waals surface area contributed by atoms with Crippen molar-refractivity contribution >= 4 is 0 Å². The molecule has 0 aromatic heterocycles. The molecule has 0 amide bonds. The molecule has 2 rings (SSSR count). The van der Waals surface area contributed by atoms with E-state index in [9.17, 15) is 5.11 Å². The van der Waals surface area contributed by atoms with Gasteiger partial charge in [0.15, 0.2) is 0 Å². The van der Waals surface area contributed by atoms with Crippen LogP contribution in [0.3, 0.4) is 0 Å². The van der Waals surface area contributed by atoms with Crippen LogP contribution in [0.5, 0.6) is 5.75 Å². The minimum absolute atomic E-state index is 0.251. The Morgan fingerprint density at radius 3 is 2.57 bits per heavy atom. The molecule has 1 atom stereocenters. The highest BCUT2D eigenvalue weighted by atomic mass is 16.3. The van der Waals surface area contributed by atoms with Crippen molar-refractivity contribution in [3.63, 3.8) is 0 Å². The second-order valence-electron chi connectivity index (χ2n) is 6.59. The summed E-state index contributed by atoms with van der Waals surface area (Å²) >= 11 is 0. The van der Waals surface area contributed by atoms with Crippen molar-refractivity contribution < 1.29 is 5.11 Å². The molecule has 1 saturated carbocycles. The summed E-state index contributed by atoms with van der Waals surface area (Å²) in [6, 6.07) is 8.16. The lowest BCUT2D eigenvalue weighted by Crippen LogP contribution is -2.58. The zero-order valence-corrected chi connectivity index (χ0v) is 13.7. The van der Waals surface area contributed by atoms with Crippen LogP contribution in [0.2, 0.25) is 0 Å². The molecular formula is C18H30N2O. The van der Waals surface area contributed by atoms with E-state index in [0.717, 1.165) is 19.4 Å². The van der Waals surface area contributed by atoms with Crippen molar-refractivity contribution in [3.05, 3.63) is 29.8 Å². The third-order valence-electron chi connectivity index (χ3n) is 5.00. The Labute approximate surface area is 129 Å². The quantitative estimate of drug-likeness (QED) is 0.809. The molecule has 1 aliphatic carbocycles. The van der Waals surface area contributed by atoms with E-state index in [4.69, 9.17) is 0 Å². The van der Waals surface area contributed by atoms with Gasteiger partial charge < -0.3 is 15.3 Å². The zero-order chi connectivity index (χ0) is 15.3. The maximum Gasteiger partial charge on any atom is 0.115 e. The van der Waals surface area contributed by atoms with Crippen LogP contribution in [0.15, 0.2) is 24.3 Å². The first-order valence-electron chi connectivity index (χ1n) is 8.27. The number of phenols is 1. The van der Waals surface area contributed by atoms with Gasteiger partial charge in [-0.05, 0) is 64.0 Å². The smallest absolute Gasteiger partial charge is 0.115 e. The van der Waals surface area contributed by atoms with E-state index < -0.39 is 0 Å². The van der Waals surface area contributed by atoms with E-state index in [1.807, 2.05) is 12.1 Å². The molecule has 21 heavy (non-hydrogen) atoms. The minimum atomic E-state index is 0.251. The molecule has 0 spiro atoms. The number of nitrogens with zero attached hydrogens (tertiary/aromatic N) is 1. The van der Waals surface area contributed by atoms with Crippen LogP contribution in [0, 0.1) is 0 Å². The second kappa shape index (κ2) is 7.28. The van der Waals surface area contributed by atoms with Gasteiger partial charge in [-0.3, -0.25) is 0 Å². The maximum atomic E-state index is 9.71. The topological polar surface area (TPSA) is 35.5 Å². The first kappa shape index (κ1) is 16.3. The molecular weight excluding hydrogens is 260 g/mol. The summed E-state index contributed by atoms with van der Waals surface area (Å²) in [7, 11) is 4.43. The van der Waals surface area contributed by atoms with Crippen LogP contribution in [-0.2, 0) is 6.42 Å². The van der Waals surface area contributed by atoms with Gasteiger partial charge in [0.2, 0.25) is 0 Å². The Hall–Kier alpha value is -1.06. The van der Waals surface area contributed by atoms with Crippen LogP contribution in [0.25, 0.3) is 0 Å². The average Bonchev–Trinajstić information content (AvgIpc) is 2.94. The fourth-order valence-electron chi connectivity index (χ4n) is 3.78. The monoisotopic (exact) mass is 290 g/mol. The lowest BCUT2D eigenvalue weighted by molar-refractivity contribution is 0.104. The predicted molar refractivity (Wildman–Crippen MR) is 88.8 cm³/mol. The van der Waals surface area contributed by atoms with Gasteiger partial charge in [-0.15, -0.1) is 0 Å². The summed E-state index contributed by atoms with van der Waals surface area (Å²) in [5.74, 6) is 0.368. The lowest BCUT2D eigenvalue weighted by atomic mass is 9.83. The van der Waals surface area contributed by atoms with Gasteiger partial charge in [-0.25, -0.2) is 0 Å². The number of likely N-dealkylation sites (N-methyl/N-ethyl adjacent to an activating group) is 1. The normalized spacial score (nSPS) is 19.0. The molecule has 0 aliphatic heterocycles. The minimum Gasteiger partial charge on any atom is -0.508 e. The first-order valence-corrected chi connectivity index (χ1v) is 8.27. The molecule has 1 aliphatic rings. The standard InChI is InChI=1S/C18H30N2O/c1-4-12-19-17(14-15-8-7-9-16(21)13-15)18(20(2)3)10-5-6-11-18/h7-9,13,17,19,21H,4-6,10-12,14H2,1-3H3. The average molecular weight is 290 g/mol. The van der Waals surface area contributed by atoms with Crippen molar-refractivity contribution in [3.8, 4) is 5.75 Å². The van der Waals surface area contributed by atoms with Gasteiger partial charge in [-0.2, -0.15) is 0 Å². The Morgan fingerprint density at radius 1 is 1.29 bits per heavy atom. The summed E-state index contributed by atoms with van der Waals surface area (Å²) in [6.45, 7) is 3.27. The van der Waals surface area contributed by atoms with Crippen molar-refractivity contribution in [2.45, 2.75) is 57.0 Å². The van der Waals surface area contributed by atoms with Gasteiger partial charge in [0.05, 0.1) is 0 Å². The van der Waals surface area contributed by atoms with Gasteiger partial charge in [-0.1, -0.05) is 31.9 Å². The molecule has 1 unspecified atom stereocenters. The summed E-state index contributed by atoms with van der Waals surface area (Å²) < 4.78 is 0. The van der Waals surface area contributed by atoms with Gasteiger partial charge in [0.25, 0.3) is 0 Å². The highest BCUT2D eigenvalue weighted by Crippen LogP contribution is 2.38. The molecule has 3 nitrogen and oxygen atoms in total.